The highest BCUT2D eigenvalue weighted by Gasteiger charge is 2.43. The molecule has 7 heteroatoms. The third-order valence-corrected chi connectivity index (χ3v) is 5.56. The highest BCUT2D eigenvalue weighted by molar-refractivity contribution is 6.32. The SMILES string of the molecule is CCC(C)(C)N(CC(O)COc1cc(C)ccc1Cl)C1=Nc2ccccc2[N+]1=O. The van der Waals surface area contributed by atoms with Gasteiger partial charge in [0.2, 0.25) is 0 Å². The van der Waals surface area contributed by atoms with Crippen molar-refractivity contribution in [1.82, 2.24) is 4.90 Å². The molecule has 2 aromatic carbocycles. The summed E-state index contributed by atoms with van der Waals surface area (Å²) in [5, 5.41) is 11.2. The maximum atomic E-state index is 12.9. The molecule has 0 aliphatic carbocycles. The van der Waals surface area contributed by atoms with E-state index in [1.807, 2.05) is 62.9 Å². The molecule has 1 aliphatic heterocycles. The lowest BCUT2D eigenvalue weighted by Crippen LogP contribution is -2.53. The van der Waals surface area contributed by atoms with Gasteiger partial charge in [-0.3, -0.25) is 4.90 Å². The number of ether oxygens (including phenoxy) is 1. The van der Waals surface area contributed by atoms with E-state index in [2.05, 4.69) is 4.99 Å². The van der Waals surface area contributed by atoms with Gasteiger partial charge in [0.1, 0.15) is 18.5 Å². The van der Waals surface area contributed by atoms with Gasteiger partial charge in [0.05, 0.1) is 17.1 Å². The highest BCUT2D eigenvalue weighted by Crippen LogP contribution is 2.35. The van der Waals surface area contributed by atoms with E-state index >= 15 is 0 Å². The zero-order valence-corrected chi connectivity index (χ0v) is 18.0. The summed E-state index contributed by atoms with van der Waals surface area (Å²) in [6.07, 6.45) is -0.0646. The number of aliphatic imine (C=N–C) groups is 1. The molecule has 0 aromatic heterocycles. The van der Waals surface area contributed by atoms with Crippen molar-refractivity contribution in [2.24, 2.45) is 4.99 Å². The number of guanidine groups is 1. The minimum Gasteiger partial charge on any atom is -0.489 e. The van der Waals surface area contributed by atoms with Gasteiger partial charge in [0.15, 0.2) is 11.4 Å². The maximum absolute atomic E-state index is 12.9. The van der Waals surface area contributed by atoms with Crippen molar-refractivity contribution < 1.29 is 14.6 Å². The number of aliphatic hydroxyl groups excluding tert-OH is 1. The molecular weight excluding hydrogens is 390 g/mol. The third-order valence-electron chi connectivity index (χ3n) is 5.25. The van der Waals surface area contributed by atoms with Gasteiger partial charge in [0.25, 0.3) is 0 Å². The number of halogens is 1. The van der Waals surface area contributed by atoms with Gasteiger partial charge in [-0.1, -0.05) is 46.6 Å². The van der Waals surface area contributed by atoms with Gasteiger partial charge < -0.3 is 9.84 Å². The molecular formula is C22H27ClN3O3+. The number of benzene rings is 2. The molecule has 0 saturated carbocycles. The first kappa shape index (κ1) is 21.3. The summed E-state index contributed by atoms with van der Waals surface area (Å²) in [4.78, 5) is 19.2. The van der Waals surface area contributed by atoms with Crippen LogP contribution in [-0.4, -0.2) is 45.5 Å². The van der Waals surface area contributed by atoms with Crippen LogP contribution in [0.15, 0.2) is 47.5 Å². The molecule has 1 atom stereocenters. The molecule has 1 unspecified atom stereocenters. The molecule has 3 rings (SSSR count). The minimum absolute atomic E-state index is 0.0541. The Balaban J connectivity index is 1.77. The van der Waals surface area contributed by atoms with Crippen LogP contribution in [0.4, 0.5) is 11.4 Å². The van der Waals surface area contributed by atoms with Crippen LogP contribution in [0.1, 0.15) is 32.8 Å². The van der Waals surface area contributed by atoms with Crippen molar-refractivity contribution in [3.63, 3.8) is 0 Å². The summed E-state index contributed by atoms with van der Waals surface area (Å²) < 4.78 is 6.57. The number of hydrogen-bond acceptors (Lipinski definition) is 5. The molecule has 0 fully saturated rings. The van der Waals surface area contributed by atoms with Crippen molar-refractivity contribution in [2.75, 3.05) is 13.2 Å². The zero-order chi connectivity index (χ0) is 21.2. The predicted molar refractivity (Wildman–Crippen MR) is 116 cm³/mol. The van der Waals surface area contributed by atoms with Crippen LogP contribution in [0.5, 0.6) is 5.75 Å². The summed E-state index contributed by atoms with van der Waals surface area (Å²) >= 11 is 6.17. The quantitative estimate of drug-likeness (QED) is 0.645. The van der Waals surface area contributed by atoms with Gasteiger partial charge in [-0.2, -0.15) is 0 Å². The molecule has 0 radical (unpaired) electrons. The molecule has 2 aromatic rings. The molecule has 0 bridgehead atoms. The number of rotatable bonds is 7. The number of fused-ring (bicyclic) bond motifs is 1. The molecule has 0 amide bonds. The fourth-order valence-electron chi connectivity index (χ4n) is 3.12. The Hall–Kier alpha value is -2.44. The second-order valence-electron chi connectivity index (χ2n) is 7.87. The van der Waals surface area contributed by atoms with E-state index in [1.54, 1.807) is 12.1 Å². The molecule has 0 spiro atoms. The number of aryl methyl sites for hydroxylation is 1. The first-order valence-corrected chi connectivity index (χ1v) is 10.1. The van der Waals surface area contributed by atoms with E-state index < -0.39 is 6.10 Å². The Morgan fingerprint density at radius 1 is 1.28 bits per heavy atom. The molecule has 1 heterocycles. The van der Waals surface area contributed by atoms with Crippen LogP contribution in [0.2, 0.25) is 5.02 Å². The van der Waals surface area contributed by atoms with Gasteiger partial charge in [-0.25, -0.2) is 0 Å². The van der Waals surface area contributed by atoms with Crippen LogP contribution >= 0.6 is 11.6 Å². The molecule has 1 aliphatic rings. The Bertz CT molecular complexity index is 943. The maximum Gasteiger partial charge on any atom is 0.436 e. The van der Waals surface area contributed by atoms with Gasteiger partial charge in [-0.05, 0) is 57.0 Å². The lowest BCUT2D eigenvalue weighted by atomic mass is 9.99. The summed E-state index contributed by atoms with van der Waals surface area (Å²) in [5.41, 5.74) is 1.78. The van der Waals surface area contributed by atoms with Crippen LogP contribution in [0.25, 0.3) is 0 Å². The summed E-state index contributed by atoms with van der Waals surface area (Å²) in [7, 11) is 0. The zero-order valence-electron chi connectivity index (χ0n) is 17.2. The summed E-state index contributed by atoms with van der Waals surface area (Å²) in [5.74, 6) is 0.814. The predicted octanol–water partition coefficient (Wildman–Crippen LogP) is 4.99. The number of β-amino-alcohol motifs (C(OH)–C–C–N with tert-alkyl or cyclic N) is 1. The highest BCUT2D eigenvalue weighted by atomic mass is 35.5. The smallest absolute Gasteiger partial charge is 0.436 e. The number of aliphatic hydroxyl groups is 1. The Morgan fingerprint density at radius 2 is 2.00 bits per heavy atom. The second-order valence-corrected chi connectivity index (χ2v) is 8.28. The monoisotopic (exact) mass is 416 g/mol. The number of nitroso groups, excluding NO2 is 1. The standard InChI is InChI=1S/C22H27ClN3O3/c1-5-22(3,4)25(21-24-18-8-6-7-9-19(18)26(21)28)13-16(27)14-29-20-12-15(2)10-11-17(20)23/h6-12,16,27H,5,13-14H2,1-4H3/q+1. The third kappa shape index (κ3) is 4.60. The molecule has 154 valence electrons. The van der Waals surface area contributed by atoms with E-state index in [-0.39, 0.29) is 24.7 Å². The minimum atomic E-state index is -0.836. The van der Waals surface area contributed by atoms with Gasteiger partial charge in [0, 0.05) is 4.76 Å². The lowest BCUT2D eigenvalue weighted by molar-refractivity contribution is -0.343. The second kappa shape index (κ2) is 8.51. The van der Waals surface area contributed by atoms with Crippen molar-refractivity contribution in [1.29, 1.82) is 0 Å². The number of para-hydroxylation sites is 2. The van der Waals surface area contributed by atoms with Crippen LogP contribution < -0.4 is 4.74 Å². The normalized spacial score (nSPS) is 14.4. The fourth-order valence-corrected chi connectivity index (χ4v) is 3.29. The van der Waals surface area contributed by atoms with Crippen molar-refractivity contribution in [2.45, 2.75) is 45.8 Å². The van der Waals surface area contributed by atoms with Crippen LogP contribution in [0.3, 0.4) is 0 Å². The number of nitrogens with zero attached hydrogens (tertiary/aromatic N) is 3. The van der Waals surface area contributed by atoms with Crippen LogP contribution in [-0.2, 0) is 0 Å². The van der Waals surface area contributed by atoms with Crippen molar-refractivity contribution >= 4 is 28.9 Å². The van der Waals surface area contributed by atoms with Crippen molar-refractivity contribution in [3.8, 4) is 5.75 Å². The van der Waals surface area contributed by atoms with E-state index in [4.69, 9.17) is 16.3 Å². The average Bonchev–Trinajstić information content (AvgIpc) is 3.03. The van der Waals surface area contributed by atoms with E-state index in [0.29, 0.717) is 22.1 Å². The summed E-state index contributed by atoms with van der Waals surface area (Å²) in [6, 6.07) is 12.7. The van der Waals surface area contributed by atoms with E-state index in [0.717, 1.165) is 16.7 Å². The van der Waals surface area contributed by atoms with Crippen LogP contribution in [0, 0.1) is 11.8 Å². The Kier molecular flexibility index (Phi) is 6.24. The van der Waals surface area contributed by atoms with Gasteiger partial charge >= 0.3 is 5.96 Å². The molecule has 1 N–H and O–H groups in total. The van der Waals surface area contributed by atoms with Crippen molar-refractivity contribution in [3.05, 3.63) is 58.0 Å². The molecule has 29 heavy (non-hydrogen) atoms. The van der Waals surface area contributed by atoms with E-state index in [9.17, 15) is 10.0 Å². The van der Waals surface area contributed by atoms with Gasteiger partial charge in [-0.15, -0.1) is 0 Å². The summed E-state index contributed by atoms with van der Waals surface area (Å²) in [6.45, 7) is 8.30. The largest absolute Gasteiger partial charge is 0.489 e. The lowest BCUT2D eigenvalue weighted by Gasteiger charge is -2.34. The Labute approximate surface area is 176 Å². The average molecular weight is 417 g/mol. The molecule has 6 nitrogen and oxygen atoms in total. The van der Waals surface area contributed by atoms with E-state index in [1.165, 1.54) is 0 Å². The topological polar surface area (TPSA) is 65.1 Å². The molecule has 0 saturated heterocycles. The first-order chi connectivity index (χ1) is 13.7. The number of hydrogen-bond donors (Lipinski definition) is 1. The Morgan fingerprint density at radius 3 is 2.69 bits per heavy atom. The fraction of sp³-hybridized carbons (Fsp3) is 0.409. The first-order valence-electron chi connectivity index (χ1n) is 9.72.